The maximum atomic E-state index is 6.53. The Balaban J connectivity index is 2.35. The zero-order chi connectivity index (χ0) is 15.4. The summed E-state index contributed by atoms with van der Waals surface area (Å²) in [7, 11) is 2.00. The Bertz CT molecular complexity index is 604. The van der Waals surface area contributed by atoms with Crippen LogP contribution in [-0.4, -0.2) is 16.8 Å². The summed E-state index contributed by atoms with van der Waals surface area (Å²) in [5, 5.41) is 8.85. The van der Waals surface area contributed by atoms with Gasteiger partial charge in [0.15, 0.2) is 0 Å². The van der Waals surface area contributed by atoms with E-state index in [0.717, 1.165) is 35.8 Å². The smallest absolute Gasteiger partial charge is 0.0850 e. The van der Waals surface area contributed by atoms with Crippen LogP contribution < -0.4 is 5.32 Å². The molecular weight excluding hydrogens is 282 g/mol. The van der Waals surface area contributed by atoms with E-state index in [1.54, 1.807) is 0 Å². The highest BCUT2D eigenvalue weighted by Gasteiger charge is 2.20. The largest absolute Gasteiger partial charge is 0.313 e. The van der Waals surface area contributed by atoms with Crippen LogP contribution in [0.4, 0.5) is 0 Å². The topological polar surface area (TPSA) is 29.9 Å². The van der Waals surface area contributed by atoms with Crippen LogP contribution in [0.5, 0.6) is 0 Å². The molecule has 1 N–H and O–H groups in total. The van der Waals surface area contributed by atoms with Gasteiger partial charge in [-0.05, 0) is 38.4 Å². The van der Waals surface area contributed by atoms with Crippen LogP contribution in [-0.2, 0) is 19.4 Å². The Hall–Kier alpha value is -1.32. The molecule has 1 unspecified atom stereocenters. The molecular formula is C17H24ClN3. The van der Waals surface area contributed by atoms with Gasteiger partial charge in [-0.25, -0.2) is 0 Å². The van der Waals surface area contributed by atoms with E-state index in [9.17, 15) is 0 Å². The molecule has 0 aliphatic carbocycles. The lowest BCUT2D eigenvalue weighted by atomic mass is 9.97. The zero-order valence-electron chi connectivity index (χ0n) is 13.3. The molecule has 2 rings (SSSR count). The summed E-state index contributed by atoms with van der Waals surface area (Å²) in [4.78, 5) is 0. The van der Waals surface area contributed by atoms with Crippen LogP contribution in [0.1, 0.15) is 42.4 Å². The molecule has 0 amide bonds. The minimum Gasteiger partial charge on any atom is -0.313 e. The number of benzene rings is 1. The van der Waals surface area contributed by atoms with Crippen LogP contribution in [0.15, 0.2) is 24.3 Å². The molecule has 2 aromatic rings. The minimum atomic E-state index is 0.246. The first-order valence-electron chi connectivity index (χ1n) is 7.59. The third-order valence-corrected chi connectivity index (χ3v) is 4.44. The molecule has 0 saturated carbocycles. The number of nitrogens with zero attached hydrogens (tertiary/aromatic N) is 2. The third kappa shape index (κ3) is 3.30. The molecule has 0 saturated heterocycles. The highest BCUT2D eigenvalue weighted by atomic mass is 35.5. The molecule has 0 aliphatic rings. The van der Waals surface area contributed by atoms with Crippen molar-refractivity contribution in [3.05, 3.63) is 51.8 Å². The molecule has 114 valence electrons. The summed E-state index contributed by atoms with van der Waals surface area (Å²) in [6.45, 7) is 7.19. The van der Waals surface area contributed by atoms with E-state index in [1.807, 2.05) is 11.7 Å². The molecule has 1 aromatic carbocycles. The van der Waals surface area contributed by atoms with Crippen molar-refractivity contribution in [1.29, 1.82) is 0 Å². The van der Waals surface area contributed by atoms with Crippen molar-refractivity contribution in [3.8, 4) is 0 Å². The number of hydrogen-bond acceptors (Lipinski definition) is 2. The van der Waals surface area contributed by atoms with Gasteiger partial charge in [0.25, 0.3) is 0 Å². The minimum absolute atomic E-state index is 0.246. The first-order chi connectivity index (χ1) is 10.1. The number of likely N-dealkylation sites (N-methyl/N-ethyl adjacent to an activating group) is 1. The average molecular weight is 306 g/mol. The molecule has 1 heterocycles. The maximum absolute atomic E-state index is 6.53. The summed E-state index contributed by atoms with van der Waals surface area (Å²) >= 11 is 6.53. The highest BCUT2D eigenvalue weighted by molar-refractivity contribution is 6.31. The molecule has 0 radical (unpaired) electrons. The zero-order valence-corrected chi connectivity index (χ0v) is 14.0. The second-order valence-corrected chi connectivity index (χ2v) is 5.66. The van der Waals surface area contributed by atoms with E-state index in [0.29, 0.717) is 0 Å². The van der Waals surface area contributed by atoms with Crippen LogP contribution in [0.2, 0.25) is 5.02 Å². The highest BCUT2D eigenvalue weighted by Crippen LogP contribution is 2.28. The van der Waals surface area contributed by atoms with E-state index in [1.165, 1.54) is 11.1 Å². The van der Waals surface area contributed by atoms with Crippen LogP contribution in [0.3, 0.4) is 0 Å². The van der Waals surface area contributed by atoms with Crippen molar-refractivity contribution in [2.45, 2.75) is 46.2 Å². The van der Waals surface area contributed by atoms with E-state index < -0.39 is 0 Å². The van der Waals surface area contributed by atoms with Crippen molar-refractivity contribution in [1.82, 2.24) is 15.1 Å². The van der Waals surface area contributed by atoms with Crippen molar-refractivity contribution in [3.63, 3.8) is 0 Å². The van der Waals surface area contributed by atoms with Gasteiger partial charge in [0, 0.05) is 19.0 Å². The second-order valence-electron chi connectivity index (χ2n) is 5.28. The number of aromatic nitrogens is 2. The Kier molecular flexibility index (Phi) is 5.43. The fourth-order valence-electron chi connectivity index (χ4n) is 2.75. The van der Waals surface area contributed by atoms with Crippen molar-refractivity contribution >= 4 is 11.6 Å². The number of hydrogen-bond donors (Lipinski definition) is 1. The SMILES string of the molecule is CCc1nn(CC)c(CC(NC)c2ccccc2C)c1Cl. The number of rotatable bonds is 6. The maximum Gasteiger partial charge on any atom is 0.0850 e. The lowest BCUT2D eigenvalue weighted by Crippen LogP contribution is -2.21. The van der Waals surface area contributed by atoms with Gasteiger partial charge in [-0.15, -0.1) is 0 Å². The summed E-state index contributed by atoms with van der Waals surface area (Å²) in [6, 6.07) is 8.73. The number of nitrogens with one attached hydrogen (secondary N) is 1. The van der Waals surface area contributed by atoms with Crippen LogP contribution in [0.25, 0.3) is 0 Å². The lowest BCUT2D eigenvalue weighted by molar-refractivity contribution is 0.539. The summed E-state index contributed by atoms with van der Waals surface area (Å²) in [5.74, 6) is 0. The van der Waals surface area contributed by atoms with Crippen LogP contribution in [0, 0.1) is 6.92 Å². The molecule has 0 bridgehead atoms. The summed E-state index contributed by atoms with van der Waals surface area (Å²) in [6.07, 6.45) is 1.72. The summed E-state index contributed by atoms with van der Waals surface area (Å²) in [5.41, 5.74) is 4.73. The van der Waals surface area contributed by atoms with Gasteiger partial charge >= 0.3 is 0 Å². The molecule has 0 fully saturated rings. The van der Waals surface area contributed by atoms with Crippen molar-refractivity contribution in [2.75, 3.05) is 7.05 Å². The fraction of sp³-hybridized carbons (Fsp3) is 0.471. The van der Waals surface area contributed by atoms with Gasteiger partial charge < -0.3 is 5.32 Å². The molecule has 3 nitrogen and oxygen atoms in total. The van der Waals surface area contributed by atoms with Gasteiger partial charge in [0.2, 0.25) is 0 Å². The predicted molar refractivity (Wildman–Crippen MR) is 89.0 cm³/mol. The predicted octanol–water partition coefficient (Wildman–Crippen LogP) is 3.93. The van der Waals surface area contributed by atoms with E-state index in [2.05, 4.69) is 55.5 Å². The lowest BCUT2D eigenvalue weighted by Gasteiger charge is -2.19. The average Bonchev–Trinajstić information content (AvgIpc) is 2.81. The van der Waals surface area contributed by atoms with Crippen LogP contribution >= 0.6 is 11.6 Å². The standard InChI is InChI=1S/C17H24ClN3/c1-5-14-17(18)16(21(6-2)20-14)11-15(19-4)13-10-8-7-9-12(13)3/h7-10,15,19H,5-6,11H2,1-4H3. The van der Waals surface area contributed by atoms with E-state index >= 15 is 0 Å². The van der Waals surface area contributed by atoms with Gasteiger partial charge in [-0.3, -0.25) is 4.68 Å². The van der Waals surface area contributed by atoms with Gasteiger partial charge in [0.1, 0.15) is 0 Å². The Labute approximate surface area is 132 Å². The van der Waals surface area contributed by atoms with Crippen molar-refractivity contribution in [2.24, 2.45) is 0 Å². The van der Waals surface area contributed by atoms with Gasteiger partial charge in [-0.1, -0.05) is 42.8 Å². The monoisotopic (exact) mass is 305 g/mol. The molecule has 1 aromatic heterocycles. The first-order valence-corrected chi connectivity index (χ1v) is 7.96. The van der Waals surface area contributed by atoms with E-state index in [4.69, 9.17) is 11.6 Å². The van der Waals surface area contributed by atoms with Crippen molar-refractivity contribution < 1.29 is 0 Å². The Morgan fingerprint density at radius 3 is 2.57 bits per heavy atom. The quantitative estimate of drug-likeness (QED) is 0.876. The first kappa shape index (κ1) is 16.1. The molecule has 1 atom stereocenters. The van der Waals surface area contributed by atoms with Gasteiger partial charge in [0.05, 0.1) is 16.4 Å². The number of halogens is 1. The fourth-order valence-corrected chi connectivity index (χ4v) is 3.10. The normalized spacial score (nSPS) is 12.6. The molecule has 4 heteroatoms. The molecule has 21 heavy (non-hydrogen) atoms. The molecule has 0 aliphatic heterocycles. The third-order valence-electron chi connectivity index (χ3n) is 4.00. The Morgan fingerprint density at radius 1 is 1.29 bits per heavy atom. The second kappa shape index (κ2) is 7.10. The summed E-state index contributed by atoms with van der Waals surface area (Å²) < 4.78 is 2.03. The van der Waals surface area contributed by atoms with Gasteiger partial charge in [-0.2, -0.15) is 5.10 Å². The molecule has 0 spiro atoms. The number of aryl methyl sites for hydroxylation is 3. The van der Waals surface area contributed by atoms with E-state index in [-0.39, 0.29) is 6.04 Å². The Morgan fingerprint density at radius 2 is 2.00 bits per heavy atom.